The van der Waals surface area contributed by atoms with Gasteiger partial charge in [-0.05, 0) is 49.1 Å². The van der Waals surface area contributed by atoms with E-state index in [-0.39, 0.29) is 12.6 Å². The molecule has 112 valence electrons. The van der Waals surface area contributed by atoms with Crippen molar-refractivity contribution in [3.05, 3.63) is 28.2 Å². The molecule has 1 aromatic rings. The first-order chi connectivity index (χ1) is 9.67. The fourth-order valence-electron chi connectivity index (χ4n) is 2.96. The van der Waals surface area contributed by atoms with Crippen LogP contribution in [-0.4, -0.2) is 30.8 Å². The molecule has 1 aromatic carbocycles. The van der Waals surface area contributed by atoms with E-state index in [1.54, 1.807) is 0 Å². The van der Waals surface area contributed by atoms with Crippen LogP contribution in [0, 0.1) is 5.92 Å². The molecule has 1 fully saturated rings. The van der Waals surface area contributed by atoms with Crippen molar-refractivity contribution in [2.24, 2.45) is 5.92 Å². The van der Waals surface area contributed by atoms with Crippen molar-refractivity contribution in [3.63, 3.8) is 0 Å². The first kappa shape index (κ1) is 15.8. The topological polar surface area (TPSA) is 35.5 Å². The van der Waals surface area contributed by atoms with Crippen molar-refractivity contribution >= 4 is 21.6 Å². The van der Waals surface area contributed by atoms with Gasteiger partial charge in [0.25, 0.3) is 0 Å². The highest BCUT2D eigenvalue weighted by atomic mass is 79.9. The minimum Gasteiger partial charge on any atom is -0.394 e. The summed E-state index contributed by atoms with van der Waals surface area (Å²) in [5, 5.41) is 13.1. The first-order valence-corrected chi connectivity index (χ1v) is 8.33. The van der Waals surface area contributed by atoms with Crippen molar-refractivity contribution in [2.45, 2.75) is 39.3 Å². The minimum atomic E-state index is 0.235. The van der Waals surface area contributed by atoms with Crippen LogP contribution in [0.3, 0.4) is 0 Å². The van der Waals surface area contributed by atoms with Gasteiger partial charge in [0, 0.05) is 23.2 Å². The van der Waals surface area contributed by atoms with E-state index in [0.717, 1.165) is 36.9 Å². The minimum absolute atomic E-state index is 0.235. The summed E-state index contributed by atoms with van der Waals surface area (Å²) in [6.07, 6.45) is 2.30. The van der Waals surface area contributed by atoms with Crippen LogP contribution in [0.25, 0.3) is 0 Å². The standard InChI is InChI=1S/C16H25BrN2O/c1-3-7-18-10-13-9-14(17)4-5-15(13)19-8-6-12(2)16(19)11-20/h4-5,9,12,16,18,20H,3,6-8,10-11H2,1-2H3. The molecular weight excluding hydrogens is 316 g/mol. The van der Waals surface area contributed by atoms with Gasteiger partial charge in [-0.1, -0.05) is 29.8 Å². The van der Waals surface area contributed by atoms with Gasteiger partial charge in [-0.3, -0.25) is 0 Å². The number of nitrogens with zero attached hydrogens (tertiary/aromatic N) is 1. The van der Waals surface area contributed by atoms with E-state index in [9.17, 15) is 5.11 Å². The molecule has 0 amide bonds. The highest BCUT2D eigenvalue weighted by Crippen LogP contribution is 2.33. The van der Waals surface area contributed by atoms with Crippen LogP contribution in [0.15, 0.2) is 22.7 Å². The molecule has 1 saturated heterocycles. The van der Waals surface area contributed by atoms with E-state index in [4.69, 9.17) is 0 Å². The van der Waals surface area contributed by atoms with Gasteiger partial charge in [-0.15, -0.1) is 0 Å². The maximum atomic E-state index is 9.66. The summed E-state index contributed by atoms with van der Waals surface area (Å²) in [4.78, 5) is 2.38. The number of nitrogens with one attached hydrogen (secondary N) is 1. The van der Waals surface area contributed by atoms with Crippen LogP contribution in [-0.2, 0) is 6.54 Å². The van der Waals surface area contributed by atoms with E-state index in [1.165, 1.54) is 11.3 Å². The highest BCUT2D eigenvalue weighted by molar-refractivity contribution is 9.10. The summed E-state index contributed by atoms with van der Waals surface area (Å²) in [6.45, 7) is 7.60. The lowest BCUT2D eigenvalue weighted by Crippen LogP contribution is -2.36. The molecule has 0 aliphatic carbocycles. The smallest absolute Gasteiger partial charge is 0.0637 e. The Bertz CT molecular complexity index is 438. The van der Waals surface area contributed by atoms with Crippen molar-refractivity contribution in [3.8, 4) is 0 Å². The van der Waals surface area contributed by atoms with Crippen LogP contribution in [0.4, 0.5) is 5.69 Å². The van der Waals surface area contributed by atoms with Gasteiger partial charge in [-0.2, -0.15) is 0 Å². The molecule has 2 unspecified atom stereocenters. The van der Waals surface area contributed by atoms with Gasteiger partial charge in [0.05, 0.1) is 12.6 Å². The fraction of sp³-hybridized carbons (Fsp3) is 0.625. The van der Waals surface area contributed by atoms with E-state index in [0.29, 0.717) is 5.92 Å². The average Bonchev–Trinajstić information content (AvgIpc) is 2.80. The monoisotopic (exact) mass is 340 g/mol. The van der Waals surface area contributed by atoms with Crippen molar-refractivity contribution in [1.29, 1.82) is 0 Å². The Kier molecular flexibility index (Phi) is 5.87. The molecule has 0 spiro atoms. The molecule has 2 atom stereocenters. The second kappa shape index (κ2) is 7.43. The van der Waals surface area contributed by atoms with E-state index in [2.05, 4.69) is 58.2 Å². The predicted molar refractivity (Wildman–Crippen MR) is 88.1 cm³/mol. The Balaban J connectivity index is 2.21. The quantitative estimate of drug-likeness (QED) is 0.781. The average molecular weight is 341 g/mol. The molecule has 0 saturated carbocycles. The summed E-state index contributed by atoms with van der Waals surface area (Å²) in [5.41, 5.74) is 2.57. The molecule has 0 aromatic heterocycles. The van der Waals surface area contributed by atoms with Crippen molar-refractivity contribution in [1.82, 2.24) is 5.32 Å². The van der Waals surface area contributed by atoms with Crippen LogP contribution >= 0.6 is 15.9 Å². The molecule has 4 heteroatoms. The molecule has 20 heavy (non-hydrogen) atoms. The first-order valence-electron chi connectivity index (χ1n) is 7.54. The van der Waals surface area contributed by atoms with Gasteiger partial charge >= 0.3 is 0 Å². The molecule has 0 radical (unpaired) electrons. The number of hydrogen-bond donors (Lipinski definition) is 2. The largest absolute Gasteiger partial charge is 0.394 e. The summed E-state index contributed by atoms with van der Waals surface area (Å²) in [5.74, 6) is 0.556. The zero-order valence-electron chi connectivity index (χ0n) is 12.4. The van der Waals surface area contributed by atoms with Gasteiger partial charge in [-0.25, -0.2) is 0 Å². The van der Waals surface area contributed by atoms with Gasteiger partial charge < -0.3 is 15.3 Å². The van der Waals surface area contributed by atoms with Gasteiger partial charge in [0.1, 0.15) is 0 Å². The Morgan fingerprint density at radius 2 is 2.25 bits per heavy atom. The van der Waals surface area contributed by atoms with E-state index < -0.39 is 0 Å². The molecule has 2 N–H and O–H groups in total. The third kappa shape index (κ3) is 3.54. The lowest BCUT2D eigenvalue weighted by Gasteiger charge is -2.29. The van der Waals surface area contributed by atoms with E-state index >= 15 is 0 Å². The summed E-state index contributed by atoms with van der Waals surface area (Å²) < 4.78 is 1.11. The number of rotatable bonds is 6. The highest BCUT2D eigenvalue weighted by Gasteiger charge is 2.31. The predicted octanol–water partition coefficient (Wildman–Crippen LogP) is 3.16. The molecule has 3 nitrogen and oxygen atoms in total. The summed E-state index contributed by atoms with van der Waals surface area (Å²) in [6, 6.07) is 6.71. The third-order valence-corrected chi connectivity index (χ3v) is 4.66. The molecule has 1 aliphatic rings. The Hall–Kier alpha value is -0.580. The van der Waals surface area contributed by atoms with E-state index in [1.807, 2.05) is 0 Å². The normalized spacial score (nSPS) is 22.5. The Morgan fingerprint density at radius 1 is 1.45 bits per heavy atom. The lowest BCUT2D eigenvalue weighted by molar-refractivity contribution is 0.244. The second-order valence-corrected chi connectivity index (χ2v) is 6.57. The number of anilines is 1. The summed E-state index contributed by atoms with van der Waals surface area (Å²) in [7, 11) is 0. The fourth-order valence-corrected chi connectivity index (χ4v) is 3.37. The van der Waals surface area contributed by atoms with Crippen LogP contribution in [0.5, 0.6) is 0 Å². The zero-order valence-corrected chi connectivity index (χ0v) is 14.0. The maximum absolute atomic E-state index is 9.66. The molecular formula is C16H25BrN2O. The number of aliphatic hydroxyl groups is 1. The number of aliphatic hydroxyl groups excluding tert-OH is 1. The number of halogens is 1. The Morgan fingerprint density at radius 3 is 2.95 bits per heavy atom. The zero-order chi connectivity index (χ0) is 14.5. The van der Waals surface area contributed by atoms with Crippen LogP contribution in [0.2, 0.25) is 0 Å². The van der Waals surface area contributed by atoms with Gasteiger partial charge in [0.15, 0.2) is 0 Å². The number of benzene rings is 1. The molecule has 2 rings (SSSR count). The molecule has 1 heterocycles. The lowest BCUT2D eigenvalue weighted by atomic mass is 10.0. The molecule has 1 aliphatic heterocycles. The van der Waals surface area contributed by atoms with Crippen molar-refractivity contribution < 1.29 is 5.11 Å². The number of hydrogen-bond acceptors (Lipinski definition) is 3. The SMILES string of the molecule is CCCNCc1cc(Br)ccc1N1CCC(C)C1CO. The van der Waals surface area contributed by atoms with Crippen LogP contribution < -0.4 is 10.2 Å². The Labute approximate surface area is 130 Å². The summed E-state index contributed by atoms with van der Waals surface area (Å²) >= 11 is 3.56. The van der Waals surface area contributed by atoms with Gasteiger partial charge in [0.2, 0.25) is 0 Å². The van der Waals surface area contributed by atoms with Crippen LogP contribution in [0.1, 0.15) is 32.3 Å². The second-order valence-electron chi connectivity index (χ2n) is 5.66. The third-order valence-electron chi connectivity index (χ3n) is 4.16. The van der Waals surface area contributed by atoms with Crippen molar-refractivity contribution in [2.75, 3.05) is 24.6 Å². The maximum Gasteiger partial charge on any atom is 0.0637 e. The molecule has 0 bridgehead atoms.